The molecule has 0 aliphatic carbocycles. The second-order valence-corrected chi connectivity index (χ2v) is 3.65. The number of hydrogen-bond donors (Lipinski definition) is 0. The summed E-state index contributed by atoms with van der Waals surface area (Å²) in [4.78, 5) is 11.2. The molecule has 1 rings (SSSR count). The molecule has 74 valence electrons. The van der Waals surface area contributed by atoms with E-state index in [-0.39, 0.29) is 12.1 Å². The maximum absolute atomic E-state index is 11.2. The molecule has 0 radical (unpaired) electrons. The summed E-state index contributed by atoms with van der Waals surface area (Å²) in [5, 5.41) is 0. The van der Waals surface area contributed by atoms with E-state index in [0.29, 0.717) is 0 Å². The van der Waals surface area contributed by atoms with Gasteiger partial charge in [-0.2, -0.15) is 0 Å². The van der Waals surface area contributed by atoms with E-state index in [9.17, 15) is 4.79 Å². The van der Waals surface area contributed by atoms with Gasteiger partial charge in [0.25, 0.3) is 0 Å². The molecule has 1 fully saturated rings. The first-order chi connectivity index (χ1) is 6.24. The summed E-state index contributed by atoms with van der Waals surface area (Å²) in [6, 6.07) is 0. The van der Waals surface area contributed by atoms with Crippen molar-refractivity contribution < 1.29 is 9.53 Å². The second-order valence-electron chi connectivity index (χ2n) is 3.65. The molecule has 2 nitrogen and oxygen atoms in total. The van der Waals surface area contributed by atoms with Crippen LogP contribution < -0.4 is 0 Å². The second kappa shape index (κ2) is 5.05. The Bertz CT molecular complexity index is 206. The molecule has 0 spiro atoms. The van der Waals surface area contributed by atoms with E-state index < -0.39 is 0 Å². The van der Waals surface area contributed by atoms with E-state index in [2.05, 4.69) is 6.92 Å². The van der Waals surface area contributed by atoms with Gasteiger partial charge in [0.05, 0.1) is 0 Å². The minimum absolute atomic E-state index is 0.0879. The molecule has 1 atom stereocenters. The molecule has 2 heteroatoms. The van der Waals surface area contributed by atoms with Crippen LogP contribution in [0.2, 0.25) is 0 Å². The normalized spacial score (nSPS) is 25.2. The minimum Gasteiger partial charge on any atom is -0.459 e. The van der Waals surface area contributed by atoms with E-state index in [1.165, 1.54) is 19.3 Å². The van der Waals surface area contributed by atoms with Gasteiger partial charge in [0.2, 0.25) is 0 Å². The molecule has 0 amide bonds. The van der Waals surface area contributed by atoms with Crippen LogP contribution in [0.1, 0.15) is 46.0 Å². The van der Waals surface area contributed by atoms with Gasteiger partial charge >= 0.3 is 5.97 Å². The van der Waals surface area contributed by atoms with Crippen molar-refractivity contribution in [2.75, 3.05) is 0 Å². The number of cyclic esters (lactones) is 1. The Labute approximate surface area is 80.0 Å². The largest absolute Gasteiger partial charge is 0.459 e. The third kappa shape index (κ3) is 3.21. The predicted octanol–water partition coefficient (Wildman–Crippen LogP) is 2.83. The van der Waals surface area contributed by atoms with Crippen LogP contribution in [-0.4, -0.2) is 12.1 Å². The molecule has 0 aromatic rings. The Morgan fingerprint density at radius 3 is 2.85 bits per heavy atom. The van der Waals surface area contributed by atoms with Gasteiger partial charge in [-0.3, -0.25) is 0 Å². The third-order valence-electron chi connectivity index (χ3n) is 2.28. The molecular weight excluding hydrogens is 164 g/mol. The van der Waals surface area contributed by atoms with Gasteiger partial charge in [0.15, 0.2) is 0 Å². The fourth-order valence-electron chi connectivity index (χ4n) is 1.53. The quantitative estimate of drug-likeness (QED) is 0.379. The molecule has 0 N–H and O–H groups in total. The van der Waals surface area contributed by atoms with E-state index in [1.807, 2.05) is 13.0 Å². The van der Waals surface area contributed by atoms with E-state index >= 15 is 0 Å². The van der Waals surface area contributed by atoms with Crippen LogP contribution in [0.5, 0.6) is 0 Å². The van der Waals surface area contributed by atoms with Gasteiger partial charge in [-0.05, 0) is 19.8 Å². The van der Waals surface area contributed by atoms with Crippen molar-refractivity contribution in [3.8, 4) is 0 Å². The van der Waals surface area contributed by atoms with Crippen molar-refractivity contribution in [3.63, 3.8) is 0 Å². The van der Waals surface area contributed by atoms with E-state index in [0.717, 1.165) is 18.4 Å². The molecule has 0 aromatic carbocycles. The SMILES string of the molecule is CCCCCC=C1C[C@@H](C)OC1=O. The molecule has 0 unspecified atom stereocenters. The fourth-order valence-corrected chi connectivity index (χ4v) is 1.53. The monoisotopic (exact) mass is 182 g/mol. The van der Waals surface area contributed by atoms with Crippen molar-refractivity contribution in [2.24, 2.45) is 0 Å². The Balaban J connectivity index is 2.30. The Hall–Kier alpha value is -0.790. The number of ether oxygens (including phenoxy) is 1. The molecule has 0 saturated carbocycles. The minimum atomic E-state index is -0.107. The number of unbranched alkanes of at least 4 members (excludes halogenated alkanes) is 3. The summed E-state index contributed by atoms with van der Waals surface area (Å²) in [5.41, 5.74) is 0.878. The maximum atomic E-state index is 11.2. The van der Waals surface area contributed by atoms with Crippen LogP contribution in [-0.2, 0) is 9.53 Å². The number of rotatable bonds is 4. The number of allylic oxidation sites excluding steroid dienone is 1. The van der Waals surface area contributed by atoms with Crippen LogP contribution in [0, 0.1) is 0 Å². The molecule has 1 heterocycles. The molecule has 1 aliphatic rings. The van der Waals surface area contributed by atoms with Crippen LogP contribution in [0.15, 0.2) is 11.6 Å². The highest BCUT2D eigenvalue weighted by molar-refractivity contribution is 5.90. The van der Waals surface area contributed by atoms with Gasteiger partial charge in [-0.15, -0.1) is 0 Å². The summed E-state index contributed by atoms with van der Waals surface area (Å²) in [6.07, 6.45) is 7.60. The van der Waals surface area contributed by atoms with Gasteiger partial charge in [0.1, 0.15) is 6.10 Å². The van der Waals surface area contributed by atoms with Gasteiger partial charge < -0.3 is 4.74 Å². The van der Waals surface area contributed by atoms with Crippen LogP contribution in [0.3, 0.4) is 0 Å². The Morgan fingerprint density at radius 1 is 1.54 bits per heavy atom. The molecule has 1 saturated heterocycles. The Kier molecular flexibility index (Phi) is 4.00. The van der Waals surface area contributed by atoms with E-state index in [4.69, 9.17) is 4.74 Å². The van der Waals surface area contributed by atoms with Crippen molar-refractivity contribution in [1.29, 1.82) is 0 Å². The highest BCUT2D eigenvalue weighted by atomic mass is 16.5. The van der Waals surface area contributed by atoms with Gasteiger partial charge in [-0.1, -0.05) is 25.8 Å². The van der Waals surface area contributed by atoms with Gasteiger partial charge in [-0.25, -0.2) is 4.79 Å². The fraction of sp³-hybridized carbons (Fsp3) is 0.727. The zero-order valence-electron chi connectivity index (χ0n) is 8.51. The summed E-state index contributed by atoms with van der Waals surface area (Å²) in [5.74, 6) is -0.107. The van der Waals surface area contributed by atoms with Crippen molar-refractivity contribution in [2.45, 2.75) is 52.1 Å². The standard InChI is InChI=1S/C11H18O2/c1-3-4-5-6-7-10-8-9(2)13-11(10)12/h7,9H,3-6,8H2,1-2H3/t9-/m1/s1. The lowest BCUT2D eigenvalue weighted by atomic mass is 10.1. The predicted molar refractivity (Wildman–Crippen MR) is 52.4 cm³/mol. The van der Waals surface area contributed by atoms with E-state index in [1.54, 1.807) is 0 Å². The zero-order chi connectivity index (χ0) is 9.68. The summed E-state index contributed by atoms with van der Waals surface area (Å²) >= 11 is 0. The molecular formula is C11H18O2. The van der Waals surface area contributed by atoms with Crippen LogP contribution >= 0.6 is 0 Å². The smallest absolute Gasteiger partial charge is 0.334 e. The zero-order valence-corrected chi connectivity index (χ0v) is 8.51. The first kappa shape index (κ1) is 10.3. The van der Waals surface area contributed by atoms with Crippen LogP contribution in [0.25, 0.3) is 0 Å². The number of carbonyl (C=O) groups excluding carboxylic acids is 1. The Morgan fingerprint density at radius 2 is 2.31 bits per heavy atom. The maximum Gasteiger partial charge on any atom is 0.334 e. The highest BCUT2D eigenvalue weighted by Crippen LogP contribution is 2.20. The van der Waals surface area contributed by atoms with Crippen LogP contribution in [0.4, 0.5) is 0 Å². The lowest BCUT2D eigenvalue weighted by Crippen LogP contribution is -1.99. The van der Waals surface area contributed by atoms with Crippen molar-refractivity contribution in [3.05, 3.63) is 11.6 Å². The summed E-state index contributed by atoms with van der Waals surface area (Å²) in [6.45, 7) is 4.11. The topological polar surface area (TPSA) is 26.3 Å². The number of hydrogen-bond acceptors (Lipinski definition) is 2. The summed E-state index contributed by atoms with van der Waals surface area (Å²) in [7, 11) is 0. The van der Waals surface area contributed by atoms with Gasteiger partial charge in [0, 0.05) is 12.0 Å². The lowest BCUT2D eigenvalue weighted by Gasteiger charge is -1.94. The number of esters is 1. The average molecular weight is 182 g/mol. The number of carbonyl (C=O) groups is 1. The van der Waals surface area contributed by atoms with Crippen molar-refractivity contribution in [1.82, 2.24) is 0 Å². The first-order valence-corrected chi connectivity index (χ1v) is 5.14. The average Bonchev–Trinajstić information content (AvgIpc) is 2.39. The molecule has 0 aromatic heterocycles. The lowest BCUT2D eigenvalue weighted by molar-refractivity contribution is -0.138. The molecule has 0 bridgehead atoms. The summed E-state index contributed by atoms with van der Waals surface area (Å²) < 4.78 is 5.02. The molecule has 1 aliphatic heterocycles. The first-order valence-electron chi connectivity index (χ1n) is 5.14. The highest BCUT2D eigenvalue weighted by Gasteiger charge is 2.24. The third-order valence-corrected chi connectivity index (χ3v) is 2.28. The van der Waals surface area contributed by atoms with Crippen molar-refractivity contribution >= 4 is 5.97 Å². The molecule has 13 heavy (non-hydrogen) atoms.